The van der Waals surface area contributed by atoms with Crippen molar-refractivity contribution in [2.45, 2.75) is 12.6 Å². The smallest absolute Gasteiger partial charge is 0.155 e. The van der Waals surface area contributed by atoms with Gasteiger partial charge in [-0.3, -0.25) is 9.31 Å². The van der Waals surface area contributed by atoms with Crippen molar-refractivity contribution in [1.82, 2.24) is 19.9 Å². The molecule has 2 unspecified atom stereocenters. The first kappa shape index (κ1) is 21.2. The molecule has 0 saturated carbocycles. The summed E-state index contributed by atoms with van der Waals surface area (Å²) >= 11 is -2.56. The van der Waals surface area contributed by atoms with E-state index < -0.39 is 34.6 Å². The lowest BCUT2D eigenvalue weighted by Gasteiger charge is -2.16. The van der Waals surface area contributed by atoms with E-state index in [1.54, 1.807) is 12.3 Å². The molecular formula is C20H16F3N4O3S-. The van der Waals surface area contributed by atoms with Gasteiger partial charge in [-0.05, 0) is 30.0 Å². The first-order chi connectivity index (χ1) is 14.9. The van der Waals surface area contributed by atoms with Gasteiger partial charge in [-0.1, -0.05) is 6.07 Å². The highest BCUT2D eigenvalue weighted by Crippen LogP contribution is 2.40. The predicted molar refractivity (Wildman–Crippen MR) is 109 cm³/mol. The number of H-pyrrole nitrogens is 1. The summed E-state index contributed by atoms with van der Waals surface area (Å²) in [6, 6.07) is 5.13. The highest BCUT2D eigenvalue weighted by Gasteiger charge is 2.24. The second-order valence-electron chi connectivity index (χ2n) is 6.74. The van der Waals surface area contributed by atoms with Gasteiger partial charge in [0.05, 0.1) is 18.9 Å². The van der Waals surface area contributed by atoms with Crippen LogP contribution in [0.5, 0.6) is 5.75 Å². The van der Waals surface area contributed by atoms with Crippen LogP contribution in [0.25, 0.3) is 32.9 Å². The minimum atomic E-state index is -2.56. The van der Waals surface area contributed by atoms with Crippen molar-refractivity contribution in [3.05, 3.63) is 53.9 Å². The molecule has 0 bridgehead atoms. The fourth-order valence-corrected chi connectivity index (χ4v) is 3.78. The molecule has 0 saturated heterocycles. The Morgan fingerprint density at radius 2 is 2.06 bits per heavy atom. The van der Waals surface area contributed by atoms with E-state index in [0.717, 1.165) is 17.5 Å². The van der Waals surface area contributed by atoms with Gasteiger partial charge in [0.2, 0.25) is 0 Å². The number of methoxy groups -OCH3 is 1. The monoisotopic (exact) mass is 449 g/mol. The molecule has 0 amide bonds. The van der Waals surface area contributed by atoms with Gasteiger partial charge in [0.1, 0.15) is 23.6 Å². The van der Waals surface area contributed by atoms with E-state index in [0.29, 0.717) is 16.4 Å². The number of hydrogen-bond acceptors (Lipinski definition) is 5. The Labute approximate surface area is 177 Å². The van der Waals surface area contributed by atoms with Crippen molar-refractivity contribution in [2.24, 2.45) is 0 Å². The minimum absolute atomic E-state index is 0.0995. The van der Waals surface area contributed by atoms with Gasteiger partial charge in [0, 0.05) is 45.9 Å². The number of alkyl halides is 1. The molecule has 162 valence electrons. The summed E-state index contributed by atoms with van der Waals surface area (Å²) < 4.78 is 73.0. The van der Waals surface area contributed by atoms with Crippen LogP contribution >= 0.6 is 0 Å². The minimum Gasteiger partial charge on any atom is -0.760 e. The standard InChI is InChI=1S/C20H17F3N4O3S/c1-30-17-7-12-10(8-24-20-14(12)9-25-27-20)6-13(17)18-16(22)3-2-11(19(18)23)15(21)4-5-26-31(28)29/h2-3,6-9,15,26H,4-5H2,1H3,(H,28,29)(H,24,25,27)/p-1. The van der Waals surface area contributed by atoms with E-state index in [1.807, 2.05) is 4.72 Å². The van der Waals surface area contributed by atoms with Crippen molar-refractivity contribution < 1.29 is 26.7 Å². The second-order valence-corrected chi connectivity index (χ2v) is 7.50. The number of aromatic amines is 1. The molecule has 7 nitrogen and oxygen atoms in total. The number of rotatable bonds is 7. The Morgan fingerprint density at radius 3 is 2.81 bits per heavy atom. The fraction of sp³-hybridized carbons (Fsp3) is 0.200. The molecule has 2 atom stereocenters. The van der Waals surface area contributed by atoms with Gasteiger partial charge in [-0.2, -0.15) is 5.10 Å². The molecule has 2 heterocycles. The topological polar surface area (TPSA) is 103 Å². The van der Waals surface area contributed by atoms with E-state index in [9.17, 15) is 17.5 Å². The summed E-state index contributed by atoms with van der Waals surface area (Å²) in [6.45, 7) is -0.227. The molecular weight excluding hydrogens is 433 g/mol. The zero-order chi connectivity index (χ0) is 22.1. The highest BCUT2D eigenvalue weighted by atomic mass is 32.2. The number of hydrogen-bond donors (Lipinski definition) is 2. The molecule has 4 rings (SSSR count). The molecule has 0 aliphatic carbocycles. The number of nitrogens with one attached hydrogen (secondary N) is 2. The molecule has 0 fully saturated rings. The fourth-order valence-electron chi connectivity index (χ4n) is 3.49. The molecule has 0 aliphatic heterocycles. The SMILES string of the molecule is COc1cc2c(cnc3[nH]ncc32)cc1-c1c(F)ccc(C(F)CCNS(=O)[O-])c1F. The maximum atomic E-state index is 15.3. The normalized spacial score (nSPS) is 13.6. The lowest BCUT2D eigenvalue weighted by Crippen LogP contribution is -2.19. The molecule has 2 aromatic carbocycles. The van der Waals surface area contributed by atoms with Crippen LogP contribution in [0.3, 0.4) is 0 Å². The first-order valence-electron chi connectivity index (χ1n) is 9.15. The average Bonchev–Trinajstić information content (AvgIpc) is 3.22. The van der Waals surface area contributed by atoms with E-state index >= 15 is 4.39 Å². The Hall–Kier alpha value is -3.02. The highest BCUT2D eigenvalue weighted by molar-refractivity contribution is 7.77. The molecule has 0 aliphatic rings. The molecule has 11 heteroatoms. The van der Waals surface area contributed by atoms with E-state index in [2.05, 4.69) is 15.2 Å². The number of pyridine rings is 1. The van der Waals surface area contributed by atoms with Crippen LogP contribution in [0.15, 0.2) is 36.7 Å². The Kier molecular flexibility index (Phi) is 5.90. The van der Waals surface area contributed by atoms with Crippen molar-refractivity contribution >= 4 is 33.1 Å². The third-order valence-corrected chi connectivity index (χ3v) is 5.40. The van der Waals surface area contributed by atoms with Crippen LogP contribution in [0.2, 0.25) is 0 Å². The lowest BCUT2D eigenvalue weighted by atomic mass is 9.95. The third kappa shape index (κ3) is 3.99. The van der Waals surface area contributed by atoms with Gasteiger partial charge < -0.3 is 9.29 Å². The molecule has 4 aromatic rings. The van der Waals surface area contributed by atoms with Gasteiger partial charge >= 0.3 is 0 Å². The van der Waals surface area contributed by atoms with E-state index in [1.165, 1.54) is 19.4 Å². The van der Waals surface area contributed by atoms with Crippen molar-refractivity contribution in [2.75, 3.05) is 13.7 Å². The quantitative estimate of drug-likeness (QED) is 0.417. The number of halogens is 3. The summed E-state index contributed by atoms with van der Waals surface area (Å²) in [4.78, 5) is 4.23. The van der Waals surface area contributed by atoms with Gasteiger partial charge in [0.25, 0.3) is 0 Å². The lowest BCUT2D eigenvalue weighted by molar-refractivity contribution is 0.314. The van der Waals surface area contributed by atoms with Crippen LogP contribution in [-0.4, -0.2) is 37.6 Å². The first-order valence-corrected chi connectivity index (χ1v) is 10.2. The van der Waals surface area contributed by atoms with Gasteiger partial charge in [-0.25, -0.2) is 22.9 Å². The zero-order valence-corrected chi connectivity index (χ0v) is 16.9. The number of aromatic nitrogens is 3. The van der Waals surface area contributed by atoms with Gasteiger partial charge in [0.15, 0.2) is 5.65 Å². The van der Waals surface area contributed by atoms with Crippen LogP contribution in [-0.2, 0) is 11.3 Å². The number of ether oxygens (including phenoxy) is 1. The maximum Gasteiger partial charge on any atom is 0.155 e. The number of nitrogens with zero attached hydrogens (tertiary/aromatic N) is 2. The van der Waals surface area contributed by atoms with Gasteiger partial charge in [-0.15, -0.1) is 0 Å². The van der Waals surface area contributed by atoms with E-state index in [-0.39, 0.29) is 29.8 Å². The molecule has 0 radical (unpaired) electrons. The summed E-state index contributed by atoms with van der Waals surface area (Å²) in [5.74, 6) is -1.78. The number of benzene rings is 2. The molecule has 0 spiro atoms. The van der Waals surface area contributed by atoms with Crippen LogP contribution in [0.4, 0.5) is 13.2 Å². The summed E-state index contributed by atoms with van der Waals surface area (Å²) in [5, 5.41) is 8.72. The van der Waals surface area contributed by atoms with Crippen LogP contribution in [0, 0.1) is 11.6 Å². The summed E-state index contributed by atoms with van der Waals surface area (Å²) in [7, 11) is 1.37. The van der Waals surface area contributed by atoms with Crippen molar-refractivity contribution in [3.8, 4) is 16.9 Å². The summed E-state index contributed by atoms with van der Waals surface area (Å²) in [6.07, 6.45) is 0.967. The van der Waals surface area contributed by atoms with Crippen molar-refractivity contribution in [1.29, 1.82) is 0 Å². The van der Waals surface area contributed by atoms with Crippen molar-refractivity contribution in [3.63, 3.8) is 0 Å². The molecule has 2 aromatic heterocycles. The van der Waals surface area contributed by atoms with Crippen LogP contribution in [0.1, 0.15) is 18.2 Å². The summed E-state index contributed by atoms with van der Waals surface area (Å²) in [5.41, 5.74) is -0.163. The second kappa shape index (κ2) is 8.61. The Morgan fingerprint density at radius 1 is 1.26 bits per heavy atom. The van der Waals surface area contributed by atoms with Crippen LogP contribution < -0.4 is 9.46 Å². The molecule has 2 N–H and O–H groups in total. The third-order valence-electron chi connectivity index (χ3n) is 4.96. The zero-order valence-electron chi connectivity index (χ0n) is 16.1. The maximum absolute atomic E-state index is 15.3. The Balaban J connectivity index is 1.83. The Bertz CT molecular complexity index is 1300. The van der Waals surface area contributed by atoms with E-state index in [4.69, 9.17) is 4.74 Å². The largest absolute Gasteiger partial charge is 0.760 e. The average molecular weight is 449 g/mol. The number of fused-ring (bicyclic) bond motifs is 3. The molecule has 31 heavy (non-hydrogen) atoms. The predicted octanol–water partition coefficient (Wildman–Crippen LogP) is 3.85.